The normalized spacial score (nSPS) is 17.1. The zero-order valence-electron chi connectivity index (χ0n) is 16.6. The number of carbonyl (C=O) groups excluding carboxylic acids is 1. The number of alkyl halides is 2. The van der Waals surface area contributed by atoms with Crippen LogP contribution < -0.4 is 5.32 Å². The number of hydrogen-bond donors (Lipinski definition) is 1. The molecule has 0 saturated heterocycles. The van der Waals surface area contributed by atoms with Gasteiger partial charge in [0, 0.05) is 31.0 Å². The molecule has 1 unspecified atom stereocenters. The third-order valence-corrected chi connectivity index (χ3v) is 4.63. The summed E-state index contributed by atoms with van der Waals surface area (Å²) in [6.45, 7) is 7.19. The maximum absolute atomic E-state index is 13.6. The van der Waals surface area contributed by atoms with E-state index in [1.54, 1.807) is 4.68 Å². The quantitative estimate of drug-likeness (QED) is 0.847. The summed E-state index contributed by atoms with van der Waals surface area (Å²) >= 11 is 0. The molecule has 3 rings (SSSR count). The average Bonchev–Trinajstić information content (AvgIpc) is 3.01. The summed E-state index contributed by atoms with van der Waals surface area (Å²) in [5.41, 5.74) is 1.17. The van der Waals surface area contributed by atoms with Crippen LogP contribution in [-0.2, 0) is 24.2 Å². The molecule has 8 heteroatoms. The zero-order chi connectivity index (χ0) is 20.5. The number of benzene rings is 1. The van der Waals surface area contributed by atoms with Crippen LogP contribution in [-0.4, -0.2) is 32.4 Å². The lowest BCUT2D eigenvalue weighted by Gasteiger charge is -2.26. The molecule has 0 aliphatic carbocycles. The van der Waals surface area contributed by atoms with Gasteiger partial charge < -0.3 is 10.1 Å². The van der Waals surface area contributed by atoms with Crippen LogP contribution in [0.25, 0.3) is 11.4 Å². The Morgan fingerprint density at radius 1 is 1.25 bits per heavy atom. The molecule has 0 fully saturated rings. The molecule has 6 nitrogen and oxygen atoms in total. The second kappa shape index (κ2) is 7.48. The average molecular weight is 392 g/mol. The van der Waals surface area contributed by atoms with E-state index in [2.05, 4.69) is 15.4 Å². The second-order valence-electron chi connectivity index (χ2n) is 8.27. The summed E-state index contributed by atoms with van der Waals surface area (Å²) in [6.07, 6.45) is 0.158. The maximum atomic E-state index is 13.6. The smallest absolute Gasteiger partial charge is 0.407 e. The summed E-state index contributed by atoms with van der Waals surface area (Å²) in [5.74, 6) is -2.27. The van der Waals surface area contributed by atoms with Crippen LogP contribution in [0.1, 0.15) is 45.5 Å². The van der Waals surface area contributed by atoms with Crippen LogP contribution in [0.15, 0.2) is 24.3 Å². The first kappa shape index (κ1) is 20.2. The molecule has 1 N–H and O–H groups in total. The molecule has 152 valence electrons. The van der Waals surface area contributed by atoms with Gasteiger partial charge in [-0.25, -0.2) is 23.2 Å². The van der Waals surface area contributed by atoms with Gasteiger partial charge in [0.1, 0.15) is 11.4 Å². The molecular formula is C20H26F2N4O2. The fourth-order valence-electron chi connectivity index (χ4n) is 3.12. The Morgan fingerprint density at radius 3 is 2.54 bits per heavy atom. The third kappa shape index (κ3) is 5.05. The van der Waals surface area contributed by atoms with E-state index in [1.807, 2.05) is 45.0 Å². The van der Waals surface area contributed by atoms with Gasteiger partial charge in [0.15, 0.2) is 5.82 Å². The molecule has 1 aliphatic heterocycles. The van der Waals surface area contributed by atoms with Crippen LogP contribution in [0.2, 0.25) is 0 Å². The Labute approximate surface area is 163 Å². The number of halogens is 2. The first-order valence-corrected chi connectivity index (χ1v) is 9.39. The summed E-state index contributed by atoms with van der Waals surface area (Å²) in [6, 6.07) is 7.46. The maximum Gasteiger partial charge on any atom is 0.407 e. The first-order chi connectivity index (χ1) is 13.0. The van der Waals surface area contributed by atoms with Crippen molar-refractivity contribution in [1.82, 2.24) is 20.1 Å². The van der Waals surface area contributed by atoms with Gasteiger partial charge in [-0.2, -0.15) is 5.10 Å². The van der Waals surface area contributed by atoms with Crippen molar-refractivity contribution in [1.29, 1.82) is 0 Å². The van der Waals surface area contributed by atoms with Gasteiger partial charge in [-0.15, -0.1) is 0 Å². The van der Waals surface area contributed by atoms with Crippen LogP contribution in [0.3, 0.4) is 0 Å². The number of nitrogens with one attached hydrogen (secondary N) is 1. The van der Waals surface area contributed by atoms with Crippen LogP contribution in [0.4, 0.5) is 13.6 Å². The fourth-order valence-corrected chi connectivity index (χ4v) is 3.12. The lowest BCUT2D eigenvalue weighted by Crippen LogP contribution is -2.32. The molecule has 0 saturated carbocycles. The van der Waals surface area contributed by atoms with E-state index in [9.17, 15) is 13.6 Å². The Hall–Kier alpha value is -2.51. The number of rotatable bonds is 4. The van der Waals surface area contributed by atoms with Crippen molar-refractivity contribution >= 4 is 6.09 Å². The predicted molar refractivity (Wildman–Crippen MR) is 101 cm³/mol. The van der Waals surface area contributed by atoms with Crippen LogP contribution in [0, 0.1) is 5.92 Å². The van der Waals surface area contributed by atoms with Crippen molar-refractivity contribution in [3.05, 3.63) is 35.7 Å². The third-order valence-electron chi connectivity index (χ3n) is 4.63. The Morgan fingerprint density at radius 2 is 1.93 bits per heavy atom. The minimum atomic E-state index is -2.71. The van der Waals surface area contributed by atoms with Gasteiger partial charge in [0.05, 0.1) is 0 Å². The first-order valence-electron chi connectivity index (χ1n) is 9.39. The Kier molecular flexibility index (Phi) is 5.41. The molecule has 0 spiro atoms. The molecule has 1 aromatic carbocycles. The fraction of sp³-hybridized carbons (Fsp3) is 0.550. The molecule has 1 amide bonds. The van der Waals surface area contributed by atoms with Crippen molar-refractivity contribution in [2.75, 3.05) is 0 Å². The minimum Gasteiger partial charge on any atom is -0.444 e. The van der Waals surface area contributed by atoms with E-state index in [0.717, 1.165) is 18.1 Å². The lowest BCUT2D eigenvalue weighted by molar-refractivity contribution is -0.0495. The highest BCUT2D eigenvalue weighted by molar-refractivity contribution is 5.67. The minimum absolute atomic E-state index is 0.231. The van der Waals surface area contributed by atoms with E-state index in [0.29, 0.717) is 31.2 Å². The summed E-state index contributed by atoms with van der Waals surface area (Å²) in [5, 5.41) is 7.16. The number of carbonyl (C=O) groups is 1. The van der Waals surface area contributed by atoms with Gasteiger partial charge in [-0.3, -0.25) is 0 Å². The largest absolute Gasteiger partial charge is 0.444 e. The van der Waals surface area contributed by atoms with Crippen LogP contribution >= 0.6 is 0 Å². The standard InChI is InChI=1S/C20H26F2N4O2/c1-19(2,3)28-18(27)23-12-13-5-7-14(8-6-13)17-24-16-11-15(20(4,21)22)9-10-26(16)25-17/h5-8,15H,9-12H2,1-4H3,(H,23,27). The van der Waals surface area contributed by atoms with E-state index in [1.165, 1.54) is 0 Å². The van der Waals surface area contributed by atoms with Gasteiger partial charge in [-0.1, -0.05) is 24.3 Å². The van der Waals surface area contributed by atoms with Gasteiger partial charge in [0.2, 0.25) is 5.92 Å². The zero-order valence-corrected chi connectivity index (χ0v) is 16.6. The summed E-state index contributed by atoms with van der Waals surface area (Å²) < 4.78 is 34.1. The number of amides is 1. The second-order valence-corrected chi connectivity index (χ2v) is 8.27. The number of fused-ring (bicyclic) bond motifs is 1. The molecule has 2 heterocycles. The highest BCUT2D eigenvalue weighted by Gasteiger charge is 2.37. The number of nitrogens with zero attached hydrogens (tertiary/aromatic N) is 3. The SMILES string of the molecule is CC(C)(C)OC(=O)NCc1ccc(-c2nc3n(n2)CCC(C(C)(F)F)C3)cc1. The molecule has 1 aliphatic rings. The number of hydrogen-bond acceptors (Lipinski definition) is 4. The predicted octanol–water partition coefficient (Wildman–Crippen LogP) is 4.19. The Bertz CT molecular complexity index is 835. The molecule has 28 heavy (non-hydrogen) atoms. The van der Waals surface area contributed by atoms with Crippen molar-refractivity contribution in [2.45, 2.75) is 65.1 Å². The highest BCUT2D eigenvalue weighted by atomic mass is 19.3. The van der Waals surface area contributed by atoms with Crippen molar-refractivity contribution < 1.29 is 18.3 Å². The van der Waals surface area contributed by atoms with Gasteiger partial charge >= 0.3 is 6.09 Å². The van der Waals surface area contributed by atoms with E-state index < -0.39 is 23.5 Å². The molecule has 1 atom stereocenters. The number of ether oxygens (including phenoxy) is 1. The van der Waals surface area contributed by atoms with Crippen molar-refractivity contribution in [2.24, 2.45) is 5.92 Å². The summed E-state index contributed by atoms with van der Waals surface area (Å²) in [4.78, 5) is 16.2. The molecule has 0 bridgehead atoms. The molecule has 1 aromatic heterocycles. The van der Waals surface area contributed by atoms with E-state index in [4.69, 9.17) is 4.74 Å². The molecular weight excluding hydrogens is 366 g/mol. The summed E-state index contributed by atoms with van der Waals surface area (Å²) in [7, 11) is 0. The topological polar surface area (TPSA) is 69.0 Å². The van der Waals surface area contributed by atoms with Crippen LogP contribution in [0.5, 0.6) is 0 Å². The van der Waals surface area contributed by atoms with Crippen molar-refractivity contribution in [3.8, 4) is 11.4 Å². The number of alkyl carbamates (subject to hydrolysis) is 1. The number of aromatic nitrogens is 3. The van der Waals surface area contributed by atoms with E-state index >= 15 is 0 Å². The molecule has 2 aromatic rings. The monoisotopic (exact) mass is 392 g/mol. The highest BCUT2D eigenvalue weighted by Crippen LogP contribution is 2.33. The Balaban J connectivity index is 1.63. The van der Waals surface area contributed by atoms with Gasteiger partial charge in [-0.05, 0) is 39.7 Å². The number of aryl methyl sites for hydroxylation is 1. The molecule has 0 radical (unpaired) electrons. The van der Waals surface area contributed by atoms with Crippen molar-refractivity contribution in [3.63, 3.8) is 0 Å². The van der Waals surface area contributed by atoms with Gasteiger partial charge in [0.25, 0.3) is 0 Å². The van der Waals surface area contributed by atoms with E-state index in [-0.39, 0.29) is 6.42 Å². The lowest BCUT2D eigenvalue weighted by atomic mass is 9.92.